The maximum atomic E-state index is 13.6. The Kier molecular flexibility index (Phi) is 8.06. The summed E-state index contributed by atoms with van der Waals surface area (Å²) in [6.45, 7) is 8.38. The van der Waals surface area contributed by atoms with Crippen molar-refractivity contribution in [2.75, 3.05) is 18.6 Å². The number of amides is 1. The number of benzene rings is 3. The van der Waals surface area contributed by atoms with Crippen molar-refractivity contribution in [1.29, 1.82) is 5.26 Å². The molecule has 0 radical (unpaired) electrons. The fourth-order valence-corrected chi connectivity index (χ4v) is 4.83. The third-order valence-electron chi connectivity index (χ3n) is 6.82. The number of ketones is 1. The first-order valence-corrected chi connectivity index (χ1v) is 12.9. The number of methoxy groups -OCH3 is 1. The van der Waals surface area contributed by atoms with Crippen LogP contribution in [0, 0.1) is 18.3 Å². The Morgan fingerprint density at radius 3 is 2.44 bits per heavy atom. The summed E-state index contributed by atoms with van der Waals surface area (Å²) >= 11 is 0. The molecule has 3 aromatic rings. The molecule has 0 aliphatic carbocycles. The quantitative estimate of drug-likeness (QED) is 0.208. The molecule has 3 aromatic carbocycles. The van der Waals surface area contributed by atoms with Crippen LogP contribution in [0.25, 0.3) is 5.76 Å². The molecule has 7 heteroatoms. The van der Waals surface area contributed by atoms with E-state index in [0.717, 1.165) is 12.0 Å². The van der Waals surface area contributed by atoms with Crippen molar-refractivity contribution in [3.63, 3.8) is 0 Å². The third kappa shape index (κ3) is 5.23. The van der Waals surface area contributed by atoms with Crippen LogP contribution in [0.3, 0.4) is 0 Å². The normalized spacial score (nSPS) is 16.4. The molecule has 4 rings (SSSR count). The summed E-state index contributed by atoms with van der Waals surface area (Å²) in [7, 11) is 1.59. The van der Waals surface area contributed by atoms with Gasteiger partial charge in [-0.2, -0.15) is 5.26 Å². The predicted molar refractivity (Wildman–Crippen MR) is 150 cm³/mol. The molecule has 1 heterocycles. The molecule has 1 saturated heterocycles. The van der Waals surface area contributed by atoms with Gasteiger partial charge in [-0.15, -0.1) is 0 Å². The van der Waals surface area contributed by atoms with E-state index in [1.54, 1.807) is 49.6 Å². The number of carbonyl (C=O) groups is 2. The highest BCUT2D eigenvalue weighted by Gasteiger charge is 2.47. The van der Waals surface area contributed by atoms with Gasteiger partial charge >= 0.3 is 0 Å². The minimum absolute atomic E-state index is 0.0139. The highest BCUT2D eigenvalue weighted by Crippen LogP contribution is 2.44. The number of rotatable bonds is 8. The Bertz CT molecular complexity index is 1480. The molecule has 1 fully saturated rings. The molecule has 0 spiro atoms. The van der Waals surface area contributed by atoms with Crippen LogP contribution < -0.4 is 14.4 Å². The first-order chi connectivity index (χ1) is 18.7. The lowest BCUT2D eigenvalue weighted by Crippen LogP contribution is -2.29. The van der Waals surface area contributed by atoms with Gasteiger partial charge in [-0.05, 0) is 84.5 Å². The molecule has 1 atom stereocenters. The molecule has 0 saturated carbocycles. The van der Waals surface area contributed by atoms with Crippen molar-refractivity contribution in [2.45, 2.75) is 46.1 Å². The van der Waals surface area contributed by atoms with E-state index in [0.29, 0.717) is 46.0 Å². The number of ether oxygens (including phenoxy) is 2. The number of aliphatic hydroxyl groups is 1. The third-order valence-corrected chi connectivity index (χ3v) is 6.82. The molecule has 1 amide bonds. The number of aliphatic hydroxyl groups excluding tert-OH is 1. The van der Waals surface area contributed by atoms with E-state index in [1.165, 1.54) is 4.90 Å². The van der Waals surface area contributed by atoms with E-state index in [-0.39, 0.29) is 17.3 Å². The number of nitrogens with zero attached hydrogens (tertiary/aromatic N) is 2. The monoisotopic (exact) mass is 524 g/mol. The van der Waals surface area contributed by atoms with Crippen molar-refractivity contribution in [1.82, 2.24) is 0 Å². The maximum Gasteiger partial charge on any atom is 0.300 e. The zero-order valence-corrected chi connectivity index (χ0v) is 22.8. The van der Waals surface area contributed by atoms with Gasteiger partial charge in [0.2, 0.25) is 0 Å². The second kappa shape index (κ2) is 11.4. The topological polar surface area (TPSA) is 99.9 Å². The van der Waals surface area contributed by atoms with Crippen LogP contribution in [-0.4, -0.2) is 30.5 Å². The zero-order valence-electron chi connectivity index (χ0n) is 22.8. The summed E-state index contributed by atoms with van der Waals surface area (Å²) in [5.74, 6) is -0.422. The lowest BCUT2D eigenvalue weighted by molar-refractivity contribution is -0.132. The van der Waals surface area contributed by atoms with Gasteiger partial charge in [0, 0.05) is 11.3 Å². The molecular formula is C32H32N2O5. The predicted octanol–water partition coefficient (Wildman–Crippen LogP) is 6.41. The maximum absolute atomic E-state index is 13.6. The van der Waals surface area contributed by atoms with Gasteiger partial charge in [0.25, 0.3) is 11.7 Å². The van der Waals surface area contributed by atoms with Gasteiger partial charge in [-0.25, -0.2) is 0 Å². The number of aryl methyl sites for hydroxylation is 1. The van der Waals surface area contributed by atoms with Crippen LogP contribution in [0.2, 0.25) is 0 Å². The van der Waals surface area contributed by atoms with Gasteiger partial charge in [0.15, 0.2) is 0 Å². The minimum atomic E-state index is -0.910. The molecule has 7 nitrogen and oxygen atoms in total. The average molecular weight is 525 g/mol. The van der Waals surface area contributed by atoms with Crippen molar-refractivity contribution in [2.24, 2.45) is 0 Å². The number of nitriles is 1. The van der Waals surface area contributed by atoms with E-state index in [9.17, 15) is 20.0 Å². The second-order valence-electron chi connectivity index (χ2n) is 9.81. The van der Waals surface area contributed by atoms with Crippen molar-refractivity contribution in [3.05, 3.63) is 94.1 Å². The van der Waals surface area contributed by atoms with E-state index in [1.807, 2.05) is 45.9 Å². The molecular weight excluding hydrogens is 492 g/mol. The van der Waals surface area contributed by atoms with Crippen LogP contribution >= 0.6 is 0 Å². The average Bonchev–Trinajstić information content (AvgIpc) is 3.21. The lowest BCUT2D eigenvalue weighted by atomic mass is 9.91. The second-order valence-corrected chi connectivity index (χ2v) is 9.81. The van der Waals surface area contributed by atoms with Crippen LogP contribution in [0.1, 0.15) is 67.0 Å². The molecule has 200 valence electrons. The van der Waals surface area contributed by atoms with E-state index in [2.05, 4.69) is 6.07 Å². The standard InChI is InChI=1S/C32H32N2O5/c1-6-14-39-24-9-7-8-22(16-24)29-28(30(35)26-17-25(19(2)3)27(38-5)15-20(26)4)31(36)32(37)34(29)23-12-10-21(18-33)11-13-23/h7-13,15-17,19,29,35H,6,14H2,1-5H3/b30-28+. The van der Waals surface area contributed by atoms with E-state index < -0.39 is 17.7 Å². The summed E-state index contributed by atoms with van der Waals surface area (Å²) in [5.41, 5.74) is 3.51. The van der Waals surface area contributed by atoms with Crippen LogP contribution in [0.5, 0.6) is 11.5 Å². The van der Waals surface area contributed by atoms with Crippen molar-refractivity contribution < 1.29 is 24.2 Å². The summed E-state index contributed by atoms with van der Waals surface area (Å²) in [4.78, 5) is 28.5. The van der Waals surface area contributed by atoms with Gasteiger partial charge in [-0.3, -0.25) is 14.5 Å². The van der Waals surface area contributed by atoms with Gasteiger partial charge < -0.3 is 14.6 Å². The summed E-state index contributed by atoms with van der Waals surface area (Å²) in [5, 5.41) is 21.0. The van der Waals surface area contributed by atoms with Gasteiger partial charge in [0.05, 0.1) is 37.0 Å². The Hall–Kier alpha value is -4.57. The highest BCUT2D eigenvalue weighted by molar-refractivity contribution is 6.51. The summed E-state index contributed by atoms with van der Waals surface area (Å²) in [6.07, 6.45) is 0.822. The highest BCUT2D eigenvalue weighted by atomic mass is 16.5. The Balaban J connectivity index is 1.96. The van der Waals surface area contributed by atoms with Crippen molar-refractivity contribution >= 4 is 23.1 Å². The summed E-state index contributed by atoms with van der Waals surface area (Å²) < 4.78 is 11.4. The molecule has 39 heavy (non-hydrogen) atoms. The fourth-order valence-electron chi connectivity index (χ4n) is 4.83. The van der Waals surface area contributed by atoms with Crippen LogP contribution in [0.4, 0.5) is 5.69 Å². The molecule has 1 N–H and O–H groups in total. The summed E-state index contributed by atoms with van der Waals surface area (Å²) in [6, 6.07) is 18.5. The number of Topliss-reactive ketones (excluding diaryl/α,β-unsaturated/α-hetero) is 1. The SMILES string of the molecule is CCCOc1cccc(C2/C(=C(\O)c3cc(C(C)C)c(OC)cc3C)C(=O)C(=O)N2c2ccc(C#N)cc2)c1. The Labute approximate surface area is 228 Å². The Morgan fingerprint density at radius 1 is 1.10 bits per heavy atom. The number of hydrogen-bond donors (Lipinski definition) is 1. The van der Waals surface area contributed by atoms with E-state index >= 15 is 0 Å². The number of hydrogen-bond acceptors (Lipinski definition) is 6. The molecule has 1 aliphatic rings. The Morgan fingerprint density at radius 2 is 1.82 bits per heavy atom. The largest absolute Gasteiger partial charge is 0.507 e. The lowest BCUT2D eigenvalue weighted by Gasteiger charge is -2.26. The first-order valence-electron chi connectivity index (χ1n) is 12.9. The van der Waals surface area contributed by atoms with Gasteiger partial charge in [0.1, 0.15) is 17.3 Å². The van der Waals surface area contributed by atoms with Crippen LogP contribution in [0.15, 0.2) is 66.2 Å². The van der Waals surface area contributed by atoms with E-state index in [4.69, 9.17) is 9.47 Å². The van der Waals surface area contributed by atoms with Crippen molar-refractivity contribution in [3.8, 4) is 17.6 Å². The van der Waals surface area contributed by atoms with Crippen LogP contribution in [-0.2, 0) is 9.59 Å². The molecule has 0 aromatic heterocycles. The smallest absolute Gasteiger partial charge is 0.300 e. The number of carbonyl (C=O) groups excluding carboxylic acids is 2. The van der Waals surface area contributed by atoms with Gasteiger partial charge in [-0.1, -0.05) is 32.9 Å². The first kappa shape index (κ1) is 27.5. The fraction of sp³-hybridized carbons (Fsp3) is 0.281. The molecule has 0 bridgehead atoms. The zero-order chi connectivity index (χ0) is 28.3. The molecule has 1 aliphatic heterocycles. The minimum Gasteiger partial charge on any atom is -0.507 e. The number of anilines is 1. The molecule has 1 unspecified atom stereocenters.